The van der Waals surface area contributed by atoms with Crippen LogP contribution in [0.25, 0.3) is 0 Å². The fraction of sp³-hybridized carbons (Fsp3) is 0.600. The molecular formula is C5H10O4. The van der Waals surface area contributed by atoms with Crippen LogP contribution in [0.15, 0.2) is 0 Å². The Morgan fingerprint density at radius 2 is 1.33 bits per heavy atom. The third kappa shape index (κ3) is 19.2. The highest BCUT2D eigenvalue weighted by molar-refractivity contribution is 5.82. The molecule has 0 aromatic heterocycles. The average Bonchev–Trinajstić information content (AvgIpc) is 1.68. The largest absolute Gasteiger partial charge is 0.400 e. The van der Waals surface area contributed by atoms with Crippen LogP contribution in [0.3, 0.4) is 0 Å². The Morgan fingerprint density at radius 1 is 1.11 bits per heavy atom. The van der Waals surface area contributed by atoms with Crippen molar-refractivity contribution in [3.63, 3.8) is 0 Å². The number of hydrogen-bond acceptors (Lipinski definition) is 4. The first-order chi connectivity index (χ1) is 4.13. The van der Waals surface area contributed by atoms with Crippen molar-refractivity contribution in [2.75, 3.05) is 7.11 Å². The van der Waals surface area contributed by atoms with E-state index in [4.69, 9.17) is 5.11 Å². The Hall–Kier alpha value is -0.900. The lowest BCUT2D eigenvalue weighted by atomic mass is 10.7. The van der Waals surface area contributed by atoms with E-state index in [9.17, 15) is 9.59 Å². The average molecular weight is 134 g/mol. The maximum atomic E-state index is 9.81. The molecule has 0 amide bonds. The molecule has 0 bridgehead atoms. The Balaban J connectivity index is 0. The summed E-state index contributed by atoms with van der Waals surface area (Å²) in [6, 6.07) is 0. The third-order valence-corrected chi connectivity index (χ3v) is 0.287. The summed E-state index contributed by atoms with van der Waals surface area (Å²) in [4.78, 5) is 19.6. The normalized spacial score (nSPS) is 6.67. The van der Waals surface area contributed by atoms with Gasteiger partial charge in [-0.2, -0.15) is 0 Å². The minimum absolute atomic E-state index is 0.562. The Labute approximate surface area is 53.4 Å². The summed E-state index contributed by atoms with van der Waals surface area (Å²) in [6.45, 7) is 2.36. The van der Waals surface area contributed by atoms with Gasteiger partial charge in [-0.15, -0.1) is 0 Å². The molecule has 0 spiro atoms. The molecule has 4 heteroatoms. The van der Waals surface area contributed by atoms with E-state index >= 15 is 0 Å². The van der Waals surface area contributed by atoms with Crippen LogP contribution in [0.4, 0.5) is 0 Å². The number of esters is 2. The first-order valence-corrected chi connectivity index (χ1v) is 2.26. The number of carbonyl (C=O) groups is 2. The second-order valence-corrected chi connectivity index (χ2v) is 1.09. The fourth-order valence-electron chi connectivity index (χ4n) is 0.202. The molecule has 9 heavy (non-hydrogen) atoms. The van der Waals surface area contributed by atoms with Gasteiger partial charge in [-0.3, -0.25) is 9.59 Å². The minimum atomic E-state index is -0.562. The molecule has 54 valence electrons. The van der Waals surface area contributed by atoms with Crippen molar-refractivity contribution >= 4 is 11.9 Å². The van der Waals surface area contributed by atoms with Crippen LogP contribution >= 0.6 is 0 Å². The topological polar surface area (TPSA) is 63.6 Å². The van der Waals surface area contributed by atoms with Crippen LogP contribution < -0.4 is 0 Å². The van der Waals surface area contributed by atoms with E-state index in [2.05, 4.69) is 4.74 Å². The second kappa shape index (κ2) is 7.10. The summed E-state index contributed by atoms with van der Waals surface area (Å²) in [5.74, 6) is -1.12. The van der Waals surface area contributed by atoms with Crippen molar-refractivity contribution in [1.29, 1.82) is 0 Å². The van der Waals surface area contributed by atoms with Crippen molar-refractivity contribution in [3.05, 3.63) is 0 Å². The van der Waals surface area contributed by atoms with Gasteiger partial charge >= 0.3 is 11.9 Å². The summed E-state index contributed by atoms with van der Waals surface area (Å²) >= 11 is 0. The zero-order chi connectivity index (χ0) is 7.86. The maximum Gasteiger partial charge on any atom is 0.310 e. The second-order valence-electron chi connectivity index (χ2n) is 1.09. The van der Waals surface area contributed by atoms with E-state index in [0.29, 0.717) is 0 Å². The number of hydrogen-bond donors (Lipinski definition) is 1. The van der Waals surface area contributed by atoms with Crippen molar-refractivity contribution in [1.82, 2.24) is 0 Å². The Bertz CT molecular complexity index is 85.1. The lowest BCUT2D eigenvalue weighted by Crippen LogP contribution is -2.03. The van der Waals surface area contributed by atoms with Gasteiger partial charge < -0.3 is 9.84 Å². The van der Waals surface area contributed by atoms with Gasteiger partial charge in [-0.05, 0) is 0 Å². The summed E-state index contributed by atoms with van der Waals surface area (Å²) in [5.41, 5.74) is 0. The van der Waals surface area contributed by atoms with Crippen molar-refractivity contribution in [3.8, 4) is 0 Å². The number of aliphatic hydroxyl groups is 1. The zero-order valence-electron chi connectivity index (χ0n) is 5.67. The van der Waals surface area contributed by atoms with E-state index in [1.807, 2.05) is 0 Å². The monoisotopic (exact) mass is 134 g/mol. The van der Waals surface area contributed by atoms with Gasteiger partial charge in [0.15, 0.2) is 0 Å². The molecule has 4 nitrogen and oxygen atoms in total. The third-order valence-electron chi connectivity index (χ3n) is 0.287. The SMILES string of the molecule is CC(=O)OC(C)=O.CO. The zero-order valence-corrected chi connectivity index (χ0v) is 5.67. The molecule has 0 saturated heterocycles. The molecule has 0 aromatic carbocycles. The summed E-state index contributed by atoms with van der Waals surface area (Å²) < 4.78 is 3.97. The lowest BCUT2D eigenvalue weighted by molar-refractivity contribution is -0.156. The van der Waals surface area contributed by atoms with Crippen LogP contribution in [0.2, 0.25) is 0 Å². The van der Waals surface area contributed by atoms with E-state index in [0.717, 1.165) is 7.11 Å². The van der Waals surface area contributed by atoms with Crippen molar-refractivity contribution in [2.45, 2.75) is 13.8 Å². The number of ether oxygens (including phenoxy) is 1. The lowest BCUT2D eigenvalue weighted by Gasteiger charge is -1.87. The van der Waals surface area contributed by atoms with E-state index in [1.54, 1.807) is 0 Å². The molecule has 0 unspecified atom stereocenters. The molecule has 0 saturated carbocycles. The van der Waals surface area contributed by atoms with E-state index in [-0.39, 0.29) is 0 Å². The molecule has 0 heterocycles. The van der Waals surface area contributed by atoms with Gasteiger partial charge in [0.25, 0.3) is 0 Å². The minimum Gasteiger partial charge on any atom is -0.400 e. The van der Waals surface area contributed by atoms with Crippen molar-refractivity contribution < 1.29 is 19.4 Å². The first-order valence-electron chi connectivity index (χ1n) is 2.26. The summed E-state index contributed by atoms with van der Waals surface area (Å²) in [5, 5.41) is 7.00. The van der Waals surface area contributed by atoms with Crippen LogP contribution in [-0.4, -0.2) is 24.2 Å². The molecule has 0 fully saturated rings. The number of aliphatic hydroxyl groups excluding tert-OH is 1. The predicted molar refractivity (Wildman–Crippen MR) is 30.6 cm³/mol. The van der Waals surface area contributed by atoms with Gasteiger partial charge in [0.05, 0.1) is 0 Å². The van der Waals surface area contributed by atoms with Gasteiger partial charge in [0.1, 0.15) is 0 Å². The van der Waals surface area contributed by atoms with Crippen LogP contribution in [-0.2, 0) is 14.3 Å². The fourth-order valence-corrected chi connectivity index (χ4v) is 0.202. The molecule has 0 aliphatic rings. The number of rotatable bonds is 0. The maximum absolute atomic E-state index is 9.81. The molecule has 0 rings (SSSR count). The highest BCUT2D eigenvalue weighted by Crippen LogP contribution is 1.73. The standard InChI is InChI=1S/C4H6O3.CH4O/c1-3(5)7-4(2)6;1-2/h1-2H3;2H,1H3. The smallest absolute Gasteiger partial charge is 0.310 e. The van der Waals surface area contributed by atoms with Gasteiger partial charge in [0, 0.05) is 21.0 Å². The van der Waals surface area contributed by atoms with Crippen LogP contribution in [0.1, 0.15) is 13.8 Å². The molecule has 1 N–H and O–H groups in total. The predicted octanol–water partition coefficient (Wildman–Crippen LogP) is -0.295. The summed E-state index contributed by atoms with van der Waals surface area (Å²) in [7, 11) is 1.00. The molecule has 0 atom stereocenters. The number of carbonyl (C=O) groups excluding carboxylic acids is 2. The van der Waals surface area contributed by atoms with Gasteiger partial charge in [0.2, 0.25) is 0 Å². The summed E-state index contributed by atoms with van der Waals surface area (Å²) in [6.07, 6.45) is 0. The van der Waals surface area contributed by atoms with E-state index in [1.165, 1.54) is 13.8 Å². The molecule has 0 aliphatic heterocycles. The van der Waals surface area contributed by atoms with Gasteiger partial charge in [-0.1, -0.05) is 0 Å². The highest BCUT2D eigenvalue weighted by atomic mass is 16.6. The van der Waals surface area contributed by atoms with Crippen LogP contribution in [0.5, 0.6) is 0 Å². The van der Waals surface area contributed by atoms with E-state index < -0.39 is 11.9 Å². The van der Waals surface area contributed by atoms with Crippen molar-refractivity contribution in [2.24, 2.45) is 0 Å². The highest BCUT2D eigenvalue weighted by Gasteiger charge is 1.93. The van der Waals surface area contributed by atoms with Crippen LogP contribution in [0, 0.1) is 0 Å². The Morgan fingerprint density at radius 3 is 1.33 bits per heavy atom. The molecule has 0 aromatic rings. The Kier molecular flexibility index (Phi) is 8.66. The molecular weight excluding hydrogens is 124 g/mol. The first kappa shape index (κ1) is 11.0. The quantitative estimate of drug-likeness (QED) is 0.365. The molecule has 0 aliphatic carbocycles. The molecule has 0 radical (unpaired) electrons. The van der Waals surface area contributed by atoms with Gasteiger partial charge in [-0.25, -0.2) is 0 Å².